The summed E-state index contributed by atoms with van der Waals surface area (Å²) in [5.41, 5.74) is 0.871. The summed E-state index contributed by atoms with van der Waals surface area (Å²) < 4.78 is 0. The monoisotopic (exact) mass is 268 g/mol. The molecule has 0 aliphatic carbocycles. The molecule has 1 aromatic heterocycles. The standard InChI is InChI=1S/C12H13ClN2O3/c1-3-4-15(7-11(16)17)12(18)9-6-14-8(2)5-10(9)13/h3,5-6H,1,4,7H2,2H3,(H,16,17). The number of aromatic nitrogens is 1. The molecule has 0 spiro atoms. The number of carboxylic acid groups (broad SMARTS) is 1. The smallest absolute Gasteiger partial charge is 0.323 e. The Hall–Kier alpha value is -1.88. The second-order valence-corrected chi connectivity index (χ2v) is 4.08. The van der Waals surface area contributed by atoms with Gasteiger partial charge in [0.25, 0.3) is 5.91 Å². The van der Waals surface area contributed by atoms with Crippen molar-refractivity contribution in [1.82, 2.24) is 9.88 Å². The molecule has 0 unspecified atom stereocenters. The summed E-state index contributed by atoms with van der Waals surface area (Å²) in [4.78, 5) is 27.9. The van der Waals surface area contributed by atoms with Crippen LogP contribution in [0.25, 0.3) is 0 Å². The first-order valence-electron chi connectivity index (χ1n) is 5.19. The molecule has 0 radical (unpaired) electrons. The van der Waals surface area contributed by atoms with Gasteiger partial charge in [-0.05, 0) is 13.0 Å². The molecule has 1 amide bonds. The first-order chi connectivity index (χ1) is 8.45. The van der Waals surface area contributed by atoms with Crippen LogP contribution in [0.1, 0.15) is 16.1 Å². The summed E-state index contributed by atoms with van der Waals surface area (Å²) in [5, 5.41) is 9.00. The van der Waals surface area contributed by atoms with Crippen molar-refractivity contribution in [2.45, 2.75) is 6.92 Å². The first-order valence-corrected chi connectivity index (χ1v) is 5.57. The Balaban J connectivity index is 3.01. The van der Waals surface area contributed by atoms with E-state index < -0.39 is 18.4 Å². The number of halogens is 1. The Bertz CT molecular complexity index is 488. The van der Waals surface area contributed by atoms with Crippen LogP contribution in [0.4, 0.5) is 0 Å². The first kappa shape index (κ1) is 14.2. The highest BCUT2D eigenvalue weighted by Gasteiger charge is 2.20. The minimum absolute atomic E-state index is 0.134. The number of hydrogen-bond acceptors (Lipinski definition) is 3. The Labute approximate surface area is 110 Å². The number of nitrogens with zero attached hydrogens (tertiary/aromatic N) is 2. The lowest BCUT2D eigenvalue weighted by Crippen LogP contribution is -2.36. The van der Waals surface area contributed by atoms with Crippen LogP contribution in [-0.2, 0) is 4.79 Å². The van der Waals surface area contributed by atoms with Crippen LogP contribution in [-0.4, -0.2) is 40.0 Å². The van der Waals surface area contributed by atoms with E-state index in [1.165, 1.54) is 12.3 Å². The summed E-state index contributed by atoms with van der Waals surface area (Å²) in [7, 11) is 0. The minimum Gasteiger partial charge on any atom is -0.480 e. The molecular formula is C12H13ClN2O3. The molecule has 0 bridgehead atoms. The van der Waals surface area contributed by atoms with Crippen molar-refractivity contribution < 1.29 is 14.7 Å². The summed E-state index contributed by atoms with van der Waals surface area (Å²) in [5.74, 6) is -1.57. The third-order valence-electron chi connectivity index (χ3n) is 2.18. The number of amides is 1. The van der Waals surface area contributed by atoms with Crippen LogP contribution in [0.2, 0.25) is 5.02 Å². The quantitative estimate of drug-likeness (QED) is 0.826. The molecular weight excluding hydrogens is 256 g/mol. The fourth-order valence-electron chi connectivity index (χ4n) is 1.39. The van der Waals surface area contributed by atoms with E-state index in [1.807, 2.05) is 0 Å². The lowest BCUT2D eigenvalue weighted by molar-refractivity contribution is -0.137. The van der Waals surface area contributed by atoms with Gasteiger partial charge in [0, 0.05) is 18.4 Å². The van der Waals surface area contributed by atoms with Crippen LogP contribution in [0, 0.1) is 6.92 Å². The molecule has 0 saturated carbocycles. The summed E-state index contributed by atoms with van der Waals surface area (Å²) in [6.45, 7) is 4.96. The van der Waals surface area contributed by atoms with E-state index in [0.717, 1.165) is 4.90 Å². The summed E-state index contributed by atoms with van der Waals surface area (Å²) >= 11 is 5.94. The topological polar surface area (TPSA) is 70.5 Å². The molecule has 6 heteroatoms. The minimum atomic E-state index is -1.10. The van der Waals surface area contributed by atoms with Crippen molar-refractivity contribution in [2.75, 3.05) is 13.1 Å². The highest BCUT2D eigenvalue weighted by Crippen LogP contribution is 2.17. The van der Waals surface area contributed by atoms with Crippen molar-refractivity contribution in [3.8, 4) is 0 Å². The predicted octanol–water partition coefficient (Wildman–Crippen LogP) is 1.76. The molecule has 1 heterocycles. The van der Waals surface area contributed by atoms with Gasteiger partial charge in [-0.2, -0.15) is 0 Å². The average molecular weight is 269 g/mol. The number of aryl methyl sites for hydroxylation is 1. The van der Waals surface area contributed by atoms with E-state index in [9.17, 15) is 9.59 Å². The fraction of sp³-hybridized carbons (Fsp3) is 0.250. The lowest BCUT2D eigenvalue weighted by Gasteiger charge is -2.19. The summed E-state index contributed by atoms with van der Waals surface area (Å²) in [6, 6.07) is 1.56. The molecule has 0 aromatic carbocycles. The Morgan fingerprint density at radius 2 is 2.28 bits per heavy atom. The second kappa shape index (κ2) is 6.16. The second-order valence-electron chi connectivity index (χ2n) is 3.67. The van der Waals surface area contributed by atoms with Gasteiger partial charge in [0.1, 0.15) is 6.54 Å². The van der Waals surface area contributed by atoms with Gasteiger partial charge in [0.15, 0.2) is 0 Å². The molecule has 0 atom stereocenters. The van der Waals surface area contributed by atoms with Gasteiger partial charge in [-0.1, -0.05) is 17.7 Å². The van der Waals surface area contributed by atoms with Crippen LogP contribution in [0.3, 0.4) is 0 Å². The fourth-order valence-corrected chi connectivity index (χ4v) is 1.68. The van der Waals surface area contributed by atoms with E-state index >= 15 is 0 Å². The highest BCUT2D eigenvalue weighted by atomic mass is 35.5. The molecule has 1 rings (SSSR count). The molecule has 0 saturated heterocycles. The number of carbonyl (C=O) groups excluding carboxylic acids is 1. The van der Waals surface area contributed by atoms with Gasteiger partial charge in [0.05, 0.1) is 10.6 Å². The van der Waals surface area contributed by atoms with Crippen molar-refractivity contribution >= 4 is 23.5 Å². The molecule has 5 nitrogen and oxygen atoms in total. The van der Waals surface area contributed by atoms with Crippen molar-refractivity contribution in [3.05, 3.63) is 41.2 Å². The zero-order valence-electron chi connectivity index (χ0n) is 9.89. The molecule has 1 aromatic rings. The number of rotatable bonds is 5. The normalized spacial score (nSPS) is 9.89. The van der Waals surface area contributed by atoms with Crippen molar-refractivity contribution in [3.63, 3.8) is 0 Å². The molecule has 0 aliphatic rings. The number of carbonyl (C=O) groups is 2. The highest BCUT2D eigenvalue weighted by molar-refractivity contribution is 6.33. The zero-order chi connectivity index (χ0) is 13.7. The largest absolute Gasteiger partial charge is 0.480 e. The Morgan fingerprint density at radius 3 is 2.78 bits per heavy atom. The molecule has 1 N–H and O–H groups in total. The molecule has 0 aliphatic heterocycles. The van der Waals surface area contributed by atoms with E-state index in [2.05, 4.69) is 11.6 Å². The molecule has 96 valence electrons. The number of hydrogen-bond donors (Lipinski definition) is 1. The van der Waals surface area contributed by atoms with E-state index in [0.29, 0.717) is 5.69 Å². The van der Waals surface area contributed by atoms with E-state index in [4.69, 9.17) is 16.7 Å². The predicted molar refractivity (Wildman–Crippen MR) is 67.7 cm³/mol. The number of aliphatic carboxylic acids is 1. The van der Waals surface area contributed by atoms with Crippen LogP contribution < -0.4 is 0 Å². The van der Waals surface area contributed by atoms with E-state index in [-0.39, 0.29) is 17.1 Å². The third kappa shape index (κ3) is 3.56. The third-order valence-corrected chi connectivity index (χ3v) is 2.50. The number of pyridine rings is 1. The van der Waals surface area contributed by atoms with Gasteiger partial charge in [-0.25, -0.2) is 0 Å². The van der Waals surface area contributed by atoms with Gasteiger partial charge in [-0.3, -0.25) is 14.6 Å². The lowest BCUT2D eigenvalue weighted by atomic mass is 10.2. The zero-order valence-corrected chi connectivity index (χ0v) is 10.6. The van der Waals surface area contributed by atoms with Gasteiger partial charge in [-0.15, -0.1) is 6.58 Å². The van der Waals surface area contributed by atoms with E-state index in [1.54, 1.807) is 13.0 Å². The van der Waals surface area contributed by atoms with Crippen molar-refractivity contribution in [2.24, 2.45) is 0 Å². The Kier molecular flexibility index (Phi) is 4.85. The van der Waals surface area contributed by atoms with Gasteiger partial charge in [0.2, 0.25) is 0 Å². The average Bonchev–Trinajstić information content (AvgIpc) is 2.27. The van der Waals surface area contributed by atoms with Gasteiger partial charge < -0.3 is 10.0 Å². The van der Waals surface area contributed by atoms with Crippen LogP contribution in [0.15, 0.2) is 24.9 Å². The molecule has 0 fully saturated rings. The number of carboxylic acids is 1. The van der Waals surface area contributed by atoms with Crippen LogP contribution >= 0.6 is 11.6 Å². The Morgan fingerprint density at radius 1 is 1.61 bits per heavy atom. The summed E-state index contributed by atoms with van der Waals surface area (Å²) in [6.07, 6.45) is 2.80. The molecule has 18 heavy (non-hydrogen) atoms. The van der Waals surface area contributed by atoms with Crippen molar-refractivity contribution in [1.29, 1.82) is 0 Å². The van der Waals surface area contributed by atoms with Gasteiger partial charge >= 0.3 is 5.97 Å². The maximum atomic E-state index is 12.1. The SMILES string of the molecule is C=CCN(CC(=O)O)C(=O)c1cnc(C)cc1Cl. The maximum absolute atomic E-state index is 12.1. The maximum Gasteiger partial charge on any atom is 0.323 e. The van der Waals surface area contributed by atoms with Crippen LogP contribution in [0.5, 0.6) is 0 Å².